The summed E-state index contributed by atoms with van der Waals surface area (Å²) < 4.78 is 10.9. The standard InChI is InChI=1S/C17H30N2O2/c1-6-10-18-16(13-19(3)11-7-2)15-12-14(20-4)8-9-17(15)21-5/h8-9,12,16,18H,6-7,10-11,13H2,1-5H3. The lowest BCUT2D eigenvalue weighted by molar-refractivity contribution is 0.285. The maximum atomic E-state index is 5.53. The third-order valence-corrected chi connectivity index (χ3v) is 3.55. The molecule has 1 unspecified atom stereocenters. The highest BCUT2D eigenvalue weighted by atomic mass is 16.5. The molecule has 0 bridgehead atoms. The Labute approximate surface area is 129 Å². The zero-order valence-corrected chi connectivity index (χ0v) is 14.1. The van der Waals surface area contributed by atoms with Gasteiger partial charge >= 0.3 is 0 Å². The molecule has 0 saturated heterocycles. The van der Waals surface area contributed by atoms with Gasteiger partial charge in [0.05, 0.1) is 14.2 Å². The van der Waals surface area contributed by atoms with Crippen molar-refractivity contribution < 1.29 is 9.47 Å². The summed E-state index contributed by atoms with van der Waals surface area (Å²) in [6.45, 7) is 7.43. The van der Waals surface area contributed by atoms with Crippen LogP contribution in [0.25, 0.3) is 0 Å². The molecule has 21 heavy (non-hydrogen) atoms. The second kappa shape index (κ2) is 9.64. The fraction of sp³-hybridized carbons (Fsp3) is 0.647. The molecule has 0 aliphatic rings. The van der Waals surface area contributed by atoms with E-state index >= 15 is 0 Å². The van der Waals surface area contributed by atoms with E-state index in [4.69, 9.17) is 9.47 Å². The Morgan fingerprint density at radius 3 is 2.48 bits per heavy atom. The highest BCUT2D eigenvalue weighted by molar-refractivity contribution is 5.42. The second-order valence-electron chi connectivity index (χ2n) is 5.38. The summed E-state index contributed by atoms with van der Waals surface area (Å²) in [5, 5.41) is 3.62. The third-order valence-electron chi connectivity index (χ3n) is 3.55. The van der Waals surface area contributed by atoms with Crippen molar-refractivity contribution in [3.05, 3.63) is 23.8 Å². The Morgan fingerprint density at radius 2 is 1.90 bits per heavy atom. The van der Waals surface area contributed by atoms with Gasteiger partial charge in [0.25, 0.3) is 0 Å². The molecule has 0 amide bonds. The molecule has 0 spiro atoms. The van der Waals surface area contributed by atoms with Gasteiger partial charge < -0.3 is 19.7 Å². The molecule has 4 nitrogen and oxygen atoms in total. The van der Waals surface area contributed by atoms with E-state index in [1.54, 1.807) is 14.2 Å². The van der Waals surface area contributed by atoms with Crippen molar-refractivity contribution >= 4 is 0 Å². The molecule has 1 aromatic rings. The molecule has 0 fully saturated rings. The van der Waals surface area contributed by atoms with Crippen LogP contribution >= 0.6 is 0 Å². The molecule has 1 atom stereocenters. The highest BCUT2D eigenvalue weighted by Crippen LogP contribution is 2.29. The van der Waals surface area contributed by atoms with E-state index in [2.05, 4.69) is 37.2 Å². The van der Waals surface area contributed by atoms with Crippen molar-refractivity contribution in [2.75, 3.05) is 40.9 Å². The first-order chi connectivity index (χ1) is 10.2. The van der Waals surface area contributed by atoms with Crippen LogP contribution in [0.4, 0.5) is 0 Å². The van der Waals surface area contributed by atoms with Gasteiger partial charge in [-0.05, 0) is 51.2 Å². The summed E-state index contributed by atoms with van der Waals surface area (Å²) >= 11 is 0. The summed E-state index contributed by atoms with van der Waals surface area (Å²) in [5.74, 6) is 1.78. The van der Waals surface area contributed by atoms with Gasteiger partial charge in [-0.3, -0.25) is 0 Å². The number of nitrogens with one attached hydrogen (secondary N) is 1. The maximum absolute atomic E-state index is 5.53. The van der Waals surface area contributed by atoms with E-state index in [9.17, 15) is 0 Å². The molecule has 4 heteroatoms. The molecule has 1 aromatic carbocycles. The zero-order chi connectivity index (χ0) is 15.7. The van der Waals surface area contributed by atoms with E-state index < -0.39 is 0 Å². The predicted octanol–water partition coefficient (Wildman–Crippen LogP) is 3.09. The van der Waals surface area contributed by atoms with Crippen LogP contribution in [-0.2, 0) is 0 Å². The van der Waals surface area contributed by atoms with Crippen LogP contribution in [0.2, 0.25) is 0 Å². The van der Waals surface area contributed by atoms with Crippen molar-refractivity contribution in [3.8, 4) is 11.5 Å². The van der Waals surface area contributed by atoms with Crippen LogP contribution in [0.5, 0.6) is 11.5 Å². The first kappa shape index (κ1) is 17.8. The minimum Gasteiger partial charge on any atom is -0.497 e. The Hall–Kier alpha value is -1.26. The van der Waals surface area contributed by atoms with Crippen molar-refractivity contribution in [1.82, 2.24) is 10.2 Å². The van der Waals surface area contributed by atoms with Gasteiger partial charge in [-0.1, -0.05) is 13.8 Å². The van der Waals surface area contributed by atoms with Crippen LogP contribution in [0.15, 0.2) is 18.2 Å². The molecule has 1 N–H and O–H groups in total. The van der Waals surface area contributed by atoms with Crippen LogP contribution < -0.4 is 14.8 Å². The van der Waals surface area contributed by atoms with E-state index in [-0.39, 0.29) is 6.04 Å². The molecular formula is C17H30N2O2. The van der Waals surface area contributed by atoms with Crippen LogP contribution in [0.1, 0.15) is 38.3 Å². The molecule has 0 saturated carbocycles. The molecule has 120 valence electrons. The monoisotopic (exact) mass is 294 g/mol. The maximum Gasteiger partial charge on any atom is 0.123 e. The minimum atomic E-state index is 0.242. The summed E-state index contributed by atoms with van der Waals surface area (Å²) in [4.78, 5) is 2.35. The number of hydrogen-bond acceptors (Lipinski definition) is 4. The molecular weight excluding hydrogens is 264 g/mol. The Bertz CT molecular complexity index is 410. The van der Waals surface area contributed by atoms with Gasteiger partial charge in [-0.2, -0.15) is 0 Å². The van der Waals surface area contributed by atoms with Gasteiger partial charge in [-0.15, -0.1) is 0 Å². The van der Waals surface area contributed by atoms with Gasteiger partial charge in [-0.25, -0.2) is 0 Å². The Kier molecular flexibility index (Phi) is 8.16. The average molecular weight is 294 g/mol. The smallest absolute Gasteiger partial charge is 0.123 e. The molecule has 0 aliphatic heterocycles. The fourth-order valence-corrected chi connectivity index (χ4v) is 2.49. The van der Waals surface area contributed by atoms with Crippen molar-refractivity contribution in [2.45, 2.75) is 32.7 Å². The van der Waals surface area contributed by atoms with Crippen LogP contribution in [-0.4, -0.2) is 45.8 Å². The van der Waals surface area contributed by atoms with Gasteiger partial charge in [0, 0.05) is 18.2 Å². The minimum absolute atomic E-state index is 0.242. The number of benzene rings is 1. The normalized spacial score (nSPS) is 12.5. The van der Waals surface area contributed by atoms with Crippen LogP contribution in [0, 0.1) is 0 Å². The summed E-state index contributed by atoms with van der Waals surface area (Å²) in [5.41, 5.74) is 1.16. The summed E-state index contributed by atoms with van der Waals surface area (Å²) in [6, 6.07) is 6.24. The lowest BCUT2D eigenvalue weighted by atomic mass is 10.0. The molecule has 0 aliphatic carbocycles. The van der Waals surface area contributed by atoms with Crippen molar-refractivity contribution in [1.29, 1.82) is 0 Å². The van der Waals surface area contributed by atoms with E-state index in [1.165, 1.54) is 0 Å². The van der Waals surface area contributed by atoms with E-state index in [0.29, 0.717) is 0 Å². The zero-order valence-electron chi connectivity index (χ0n) is 14.1. The van der Waals surface area contributed by atoms with Crippen molar-refractivity contribution in [3.63, 3.8) is 0 Å². The first-order valence-corrected chi connectivity index (χ1v) is 7.80. The Balaban J connectivity index is 2.99. The highest BCUT2D eigenvalue weighted by Gasteiger charge is 2.18. The fourth-order valence-electron chi connectivity index (χ4n) is 2.49. The van der Waals surface area contributed by atoms with Gasteiger partial charge in [0.15, 0.2) is 0 Å². The second-order valence-corrected chi connectivity index (χ2v) is 5.38. The predicted molar refractivity (Wildman–Crippen MR) is 88.4 cm³/mol. The van der Waals surface area contributed by atoms with Crippen LogP contribution in [0.3, 0.4) is 0 Å². The average Bonchev–Trinajstić information content (AvgIpc) is 2.51. The van der Waals surface area contributed by atoms with E-state index in [0.717, 1.165) is 49.5 Å². The van der Waals surface area contributed by atoms with E-state index in [1.807, 2.05) is 12.1 Å². The first-order valence-electron chi connectivity index (χ1n) is 7.80. The van der Waals surface area contributed by atoms with Gasteiger partial charge in [0.1, 0.15) is 11.5 Å². The number of rotatable bonds is 10. The Morgan fingerprint density at radius 1 is 1.14 bits per heavy atom. The molecule has 0 aromatic heterocycles. The number of methoxy groups -OCH3 is 2. The molecule has 0 heterocycles. The van der Waals surface area contributed by atoms with Gasteiger partial charge in [0.2, 0.25) is 0 Å². The number of nitrogens with zero attached hydrogens (tertiary/aromatic N) is 1. The largest absolute Gasteiger partial charge is 0.497 e. The number of likely N-dealkylation sites (N-methyl/N-ethyl adjacent to an activating group) is 1. The lowest BCUT2D eigenvalue weighted by Gasteiger charge is -2.26. The summed E-state index contributed by atoms with van der Waals surface area (Å²) in [6.07, 6.45) is 2.27. The number of ether oxygens (including phenoxy) is 2. The molecule has 0 radical (unpaired) electrons. The molecule has 1 rings (SSSR count). The number of hydrogen-bond donors (Lipinski definition) is 1. The third kappa shape index (κ3) is 5.56. The quantitative estimate of drug-likeness (QED) is 0.719. The van der Waals surface area contributed by atoms with Crippen molar-refractivity contribution in [2.24, 2.45) is 0 Å². The lowest BCUT2D eigenvalue weighted by Crippen LogP contribution is -2.34. The summed E-state index contributed by atoms with van der Waals surface area (Å²) in [7, 11) is 5.58. The SMILES string of the molecule is CCCNC(CN(C)CCC)c1cc(OC)ccc1OC. The topological polar surface area (TPSA) is 33.7 Å².